The monoisotopic (exact) mass is 1140 g/mol. The fourth-order valence-electron chi connectivity index (χ4n) is 10.3. The summed E-state index contributed by atoms with van der Waals surface area (Å²) < 4.78 is 17.0. The summed E-state index contributed by atoms with van der Waals surface area (Å²) in [5.74, 6) is -0.862. The summed E-state index contributed by atoms with van der Waals surface area (Å²) >= 11 is 0. The Morgan fingerprint density at radius 2 is 0.476 bits per heavy atom. The zero-order chi connectivity index (χ0) is 59.2. The van der Waals surface area contributed by atoms with Crippen LogP contribution < -0.4 is 0 Å². The molecule has 82 heavy (non-hydrogen) atoms. The number of esters is 3. The lowest BCUT2D eigenvalue weighted by molar-refractivity contribution is -0.167. The lowest BCUT2D eigenvalue weighted by atomic mass is 10.0. The first-order valence-corrected chi connectivity index (χ1v) is 35.6. The number of hydrogen-bond donors (Lipinski definition) is 0. The molecule has 474 valence electrons. The van der Waals surface area contributed by atoms with Gasteiger partial charge >= 0.3 is 17.9 Å². The van der Waals surface area contributed by atoms with Gasteiger partial charge in [-0.25, -0.2) is 0 Å². The smallest absolute Gasteiger partial charge is 0.306 e. The van der Waals surface area contributed by atoms with E-state index in [1.807, 2.05) is 0 Å². The Labute approximate surface area is 509 Å². The van der Waals surface area contributed by atoms with E-state index in [-0.39, 0.29) is 31.1 Å². The van der Waals surface area contributed by atoms with E-state index in [2.05, 4.69) is 106 Å². The van der Waals surface area contributed by atoms with E-state index in [1.54, 1.807) is 0 Å². The standard InChI is InChI=1S/C76H134O6/c1-4-7-10-13-16-19-22-25-28-30-31-32-33-34-35-36-37-38-39-40-41-42-43-44-45-46-49-51-54-57-60-63-66-69-75(78)81-72-73(71-80-74(77)68-65-62-59-56-53-50-47-27-24-21-18-15-12-9-6-3)82-76(79)70-67-64-61-58-55-52-48-29-26-23-20-17-14-11-8-5-2/h7,10,16,19,25,28-29,31-32,34-35,37-38,48,73H,4-6,8-9,11-15,17-18,20-24,26-27,30,33,36,39-47,49-72H2,1-3H3/b10-7-,19-16-,28-25-,32-31-,35-34-,38-37-,48-29-. The van der Waals surface area contributed by atoms with Gasteiger partial charge in [-0.2, -0.15) is 0 Å². The number of rotatable bonds is 65. The number of ether oxygens (including phenoxy) is 3. The highest BCUT2D eigenvalue weighted by atomic mass is 16.6. The molecule has 0 amide bonds. The van der Waals surface area contributed by atoms with Gasteiger partial charge in [0.25, 0.3) is 0 Å². The lowest BCUT2D eigenvalue weighted by Gasteiger charge is -2.18. The van der Waals surface area contributed by atoms with Crippen LogP contribution in [0.1, 0.15) is 361 Å². The molecule has 1 unspecified atom stereocenters. The molecule has 0 aromatic rings. The quantitative estimate of drug-likeness (QED) is 0.0261. The zero-order valence-electron chi connectivity index (χ0n) is 54.5. The summed E-state index contributed by atoms with van der Waals surface area (Å²) in [5, 5.41) is 0. The average Bonchev–Trinajstić information content (AvgIpc) is 3.47. The zero-order valence-corrected chi connectivity index (χ0v) is 54.5. The van der Waals surface area contributed by atoms with Crippen molar-refractivity contribution in [1.82, 2.24) is 0 Å². The summed E-state index contributed by atoms with van der Waals surface area (Å²) in [4.78, 5) is 38.4. The van der Waals surface area contributed by atoms with E-state index in [4.69, 9.17) is 14.2 Å². The van der Waals surface area contributed by atoms with Crippen LogP contribution in [0.15, 0.2) is 85.1 Å². The van der Waals surface area contributed by atoms with E-state index >= 15 is 0 Å². The molecule has 0 aliphatic carbocycles. The van der Waals surface area contributed by atoms with E-state index in [0.717, 1.165) is 103 Å². The third kappa shape index (κ3) is 67.4. The summed E-state index contributed by atoms with van der Waals surface area (Å²) in [5.41, 5.74) is 0. The number of carbonyl (C=O) groups is 3. The molecule has 0 fully saturated rings. The first-order valence-electron chi connectivity index (χ1n) is 35.6. The summed E-state index contributed by atoms with van der Waals surface area (Å²) in [6.07, 6.45) is 93.2. The molecule has 0 saturated heterocycles. The Kier molecular flexibility index (Phi) is 67.2. The summed E-state index contributed by atoms with van der Waals surface area (Å²) in [6, 6.07) is 0. The minimum Gasteiger partial charge on any atom is -0.462 e. The maximum absolute atomic E-state index is 12.9. The van der Waals surface area contributed by atoms with Gasteiger partial charge in [-0.05, 0) is 96.3 Å². The van der Waals surface area contributed by atoms with Crippen molar-refractivity contribution in [3.05, 3.63) is 85.1 Å². The van der Waals surface area contributed by atoms with E-state index < -0.39 is 6.10 Å². The Bertz CT molecular complexity index is 1550. The van der Waals surface area contributed by atoms with Crippen molar-refractivity contribution in [1.29, 1.82) is 0 Å². The maximum atomic E-state index is 12.9. The number of hydrogen-bond acceptors (Lipinski definition) is 6. The molecule has 0 aliphatic heterocycles. The van der Waals surface area contributed by atoms with Crippen molar-refractivity contribution in [2.45, 2.75) is 367 Å². The number of carbonyl (C=O) groups excluding carboxylic acids is 3. The van der Waals surface area contributed by atoms with Crippen LogP contribution in [0.25, 0.3) is 0 Å². The van der Waals surface area contributed by atoms with Crippen molar-refractivity contribution < 1.29 is 28.6 Å². The first-order chi connectivity index (χ1) is 40.5. The molecule has 0 aliphatic rings. The largest absolute Gasteiger partial charge is 0.462 e. The molecule has 1 atom stereocenters. The molecule has 0 radical (unpaired) electrons. The minimum absolute atomic E-state index is 0.0740. The summed E-state index contributed by atoms with van der Waals surface area (Å²) in [6.45, 7) is 6.57. The van der Waals surface area contributed by atoms with Crippen LogP contribution in [-0.2, 0) is 28.6 Å². The maximum Gasteiger partial charge on any atom is 0.306 e. The highest BCUT2D eigenvalue weighted by Gasteiger charge is 2.19. The van der Waals surface area contributed by atoms with Gasteiger partial charge in [0, 0.05) is 19.3 Å². The molecule has 0 bridgehead atoms. The molecular formula is C76H134O6. The molecule has 0 aromatic carbocycles. The Hall–Kier alpha value is -3.41. The van der Waals surface area contributed by atoms with Crippen LogP contribution in [0.5, 0.6) is 0 Å². The topological polar surface area (TPSA) is 78.9 Å². The van der Waals surface area contributed by atoms with Crippen molar-refractivity contribution in [3.63, 3.8) is 0 Å². The predicted molar refractivity (Wildman–Crippen MR) is 358 cm³/mol. The molecule has 0 aromatic heterocycles. The van der Waals surface area contributed by atoms with Gasteiger partial charge in [-0.3, -0.25) is 14.4 Å². The van der Waals surface area contributed by atoms with E-state index in [0.29, 0.717) is 19.3 Å². The lowest BCUT2D eigenvalue weighted by Crippen LogP contribution is -2.30. The number of unbranched alkanes of at least 4 members (excludes halogenated alkanes) is 40. The highest BCUT2D eigenvalue weighted by molar-refractivity contribution is 5.71. The van der Waals surface area contributed by atoms with Gasteiger partial charge in [0.05, 0.1) is 0 Å². The second kappa shape index (κ2) is 70.1. The SMILES string of the molecule is CC/C=C\C/C=C\C/C=C\C/C=C\C/C=C\C/C=C\CCCCCCCCCCCCCCCCC(=O)OCC(COC(=O)CCCCCCCCCCCCCCCCC)OC(=O)CCCCCCC/C=C\CCCCCCCCC. The predicted octanol–water partition coefficient (Wildman–Crippen LogP) is 24.6. The van der Waals surface area contributed by atoms with Gasteiger partial charge in [-0.1, -0.05) is 331 Å². The summed E-state index contributed by atoms with van der Waals surface area (Å²) in [7, 11) is 0. The average molecular weight is 1140 g/mol. The van der Waals surface area contributed by atoms with Gasteiger partial charge in [-0.15, -0.1) is 0 Å². The Morgan fingerprint density at radius 3 is 0.756 bits per heavy atom. The van der Waals surface area contributed by atoms with Crippen LogP contribution in [0.2, 0.25) is 0 Å². The Balaban J connectivity index is 4.20. The van der Waals surface area contributed by atoms with E-state index in [1.165, 1.54) is 218 Å². The van der Waals surface area contributed by atoms with Gasteiger partial charge in [0.1, 0.15) is 13.2 Å². The van der Waals surface area contributed by atoms with Crippen LogP contribution >= 0.6 is 0 Å². The van der Waals surface area contributed by atoms with E-state index in [9.17, 15) is 14.4 Å². The molecule has 0 saturated carbocycles. The first kappa shape index (κ1) is 78.6. The normalized spacial score (nSPS) is 12.6. The van der Waals surface area contributed by atoms with Crippen molar-refractivity contribution in [3.8, 4) is 0 Å². The van der Waals surface area contributed by atoms with Crippen molar-refractivity contribution in [2.75, 3.05) is 13.2 Å². The second-order valence-corrected chi connectivity index (χ2v) is 23.8. The van der Waals surface area contributed by atoms with Crippen LogP contribution in [0.4, 0.5) is 0 Å². The van der Waals surface area contributed by atoms with Crippen LogP contribution in [0.3, 0.4) is 0 Å². The fraction of sp³-hybridized carbons (Fsp3) is 0.776. The Morgan fingerprint density at radius 1 is 0.256 bits per heavy atom. The minimum atomic E-state index is -0.779. The molecule has 0 rings (SSSR count). The second-order valence-electron chi connectivity index (χ2n) is 23.8. The van der Waals surface area contributed by atoms with Crippen LogP contribution in [0, 0.1) is 0 Å². The third-order valence-electron chi connectivity index (χ3n) is 15.6. The number of allylic oxidation sites excluding steroid dienone is 14. The molecular weight excluding hydrogens is 1010 g/mol. The highest BCUT2D eigenvalue weighted by Crippen LogP contribution is 2.18. The van der Waals surface area contributed by atoms with Crippen molar-refractivity contribution in [2.24, 2.45) is 0 Å². The van der Waals surface area contributed by atoms with Crippen LogP contribution in [-0.4, -0.2) is 37.2 Å². The molecule has 0 N–H and O–H groups in total. The van der Waals surface area contributed by atoms with Gasteiger partial charge < -0.3 is 14.2 Å². The van der Waals surface area contributed by atoms with Gasteiger partial charge in [0.15, 0.2) is 6.10 Å². The van der Waals surface area contributed by atoms with Crippen molar-refractivity contribution >= 4 is 17.9 Å². The molecule has 6 heteroatoms. The molecule has 0 spiro atoms. The fourth-order valence-corrected chi connectivity index (χ4v) is 10.3. The van der Waals surface area contributed by atoms with Gasteiger partial charge in [0.2, 0.25) is 0 Å². The molecule has 0 heterocycles. The molecule has 6 nitrogen and oxygen atoms in total. The third-order valence-corrected chi connectivity index (χ3v) is 15.6.